The van der Waals surface area contributed by atoms with Crippen molar-refractivity contribution in [2.75, 3.05) is 5.32 Å². The van der Waals surface area contributed by atoms with Crippen molar-refractivity contribution in [1.82, 2.24) is 20.2 Å². The molecule has 124 valence electrons. The number of thiophene rings is 1. The van der Waals surface area contributed by atoms with E-state index >= 15 is 0 Å². The van der Waals surface area contributed by atoms with Crippen LogP contribution in [0.25, 0.3) is 22.0 Å². The number of nitrogens with one attached hydrogen (secondary N) is 2. The summed E-state index contributed by atoms with van der Waals surface area (Å²) < 4.78 is 0. The molecular formula is C17H13N5OS2. The number of anilines is 1. The van der Waals surface area contributed by atoms with Gasteiger partial charge in [-0.3, -0.25) is 9.89 Å². The van der Waals surface area contributed by atoms with Gasteiger partial charge in [0.15, 0.2) is 5.82 Å². The summed E-state index contributed by atoms with van der Waals surface area (Å²) in [7, 11) is 0. The molecule has 0 atom stereocenters. The third kappa shape index (κ3) is 3.35. The average molecular weight is 367 g/mol. The topological polar surface area (TPSA) is 83.6 Å². The predicted molar refractivity (Wildman–Crippen MR) is 99.9 cm³/mol. The highest BCUT2D eigenvalue weighted by atomic mass is 32.1. The van der Waals surface area contributed by atoms with Crippen LogP contribution in [0, 0.1) is 6.92 Å². The number of nitrogens with zero attached hydrogens (tertiary/aromatic N) is 3. The zero-order chi connectivity index (χ0) is 17.2. The first-order valence-electron chi connectivity index (χ1n) is 7.48. The van der Waals surface area contributed by atoms with Crippen molar-refractivity contribution in [3.05, 3.63) is 58.0 Å². The van der Waals surface area contributed by atoms with E-state index in [0.717, 1.165) is 22.0 Å². The van der Waals surface area contributed by atoms with Gasteiger partial charge in [-0.25, -0.2) is 9.97 Å². The molecule has 8 heteroatoms. The smallest absolute Gasteiger partial charge is 0.275 e. The summed E-state index contributed by atoms with van der Waals surface area (Å²) in [5.74, 6) is 1.11. The first-order valence-corrected chi connectivity index (χ1v) is 9.30. The minimum Gasteiger partial charge on any atom is -0.321 e. The molecule has 0 saturated heterocycles. The minimum atomic E-state index is -0.235. The Balaban J connectivity index is 1.53. The lowest BCUT2D eigenvalue weighted by Gasteiger charge is -2.04. The second-order valence-electron chi connectivity index (χ2n) is 5.33. The first kappa shape index (κ1) is 15.7. The van der Waals surface area contributed by atoms with E-state index in [2.05, 4.69) is 25.5 Å². The summed E-state index contributed by atoms with van der Waals surface area (Å²) in [6.45, 7) is 1.84. The Kier molecular flexibility index (Phi) is 4.12. The molecule has 0 aliphatic heterocycles. The Labute approximate surface area is 151 Å². The summed E-state index contributed by atoms with van der Waals surface area (Å²) in [6, 6.07) is 9.41. The van der Waals surface area contributed by atoms with E-state index in [1.807, 2.05) is 48.0 Å². The lowest BCUT2D eigenvalue weighted by Crippen LogP contribution is -2.12. The number of rotatable bonds is 4. The molecule has 0 bridgehead atoms. The van der Waals surface area contributed by atoms with Crippen molar-refractivity contribution < 1.29 is 4.79 Å². The molecule has 4 rings (SSSR count). The summed E-state index contributed by atoms with van der Waals surface area (Å²) in [4.78, 5) is 21.2. The molecule has 0 spiro atoms. The van der Waals surface area contributed by atoms with Crippen LogP contribution in [-0.2, 0) is 0 Å². The van der Waals surface area contributed by atoms with Crippen LogP contribution in [0.4, 0.5) is 5.69 Å². The Bertz CT molecular complexity index is 1020. The summed E-state index contributed by atoms with van der Waals surface area (Å²) in [6.07, 6.45) is 0. The highest BCUT2D eigenvalue weighted by molar-refractivity contribution is 7.14. The molecule has 3 heterocycles. The van der Waals surface area contributed by atoms with E-state index in [1.165, 1.54) is 11.3 Å². The van der Waals surface area contributed by atoms with E-state index in [4.69, 9.17) is 0 Å². The third-order valence-electron chi connectivity index (χ3n) is 3.48. The number of hydrogen-bond donors (Lipinski definition) is 2. The molecule has 6 nitrogen and oxygen atoms in total. The molecule has 0 aliphatic carbocycles. The fourth-order valence-electron chi connectivity index (χ4n) is 2.30. The van der Waals surface area contributed by atoms with E-state index in [1.54, 1.807) is 16.7 Å². The SMILES string of the molecule is Cc1nc(-c2cccc(NC(=O)c3csc(-c4ccsc4)n3)c2)n[nH]1. The van der Waals surface area contributed by atoms with Crippen LogP contribution in [-0.4, -0.2) is 26.1 Å². The molecular weight excluding hydrogens is 354 g/mol. The largest absolute Gasteiger partial charge is 0.321 e. The average Bonchev–Trinajstić information content (AvgIpc) is 3.36. The molecule has 25 heavy (non-hydrogen) atoms. The highest BCUT2D eigenvalue weighted by Crippen LogP contribution is 2.26. The standard InChI is InChI=1S/C17H13N5OS2/c1-10-18-15(22-21-10)11-3-2-4-13(7-11)19-16(23)14-9-25-17(20-14)12-5-6-24-8-12/h2-9H,1H3,(H,19,23)(H,18,21,22). The Morgan fingerprint density at radius 1 is 1.16 bits per heavy atom. The van der Waals surface area contributed by atoms with Crippen molar-refractivity contribution in [3.8, 4) is 22.0 Å². The van der Waals surface area contributed by atoms with Crippen molar-refractivity contribution in [3.63, 3.8) is 0 Å². The van der Waals surface area contributed by atoms with Gasteiger partial charge < -0.3 is 5.32 Å². The van der Waals surface area contributed by atoms with Crippen LogP contribution in [0.2, 0.25) is 0 Å². The Morgan fingerprint density at radius 3 is 2.84 bits per heavy atom. The number of aromatic amines is 1. The number of H-pyrrole nitrogens is 1. The van der Waals surface area contributed by atoms with Crippen molar-refractivity contribution in [1.29, 1.82) is 0 Å². The maximum atomic E-state index is 12.4. The number of amides is 1. The molecule has 0 aliphatic rings. The monoisotopic (exact) mass is 367 g/mol. The third-order valence-corrected chi connectivity index (χ3v) is 5.06. The van der Waals surface area contributed by atoms with Gasteiger partial charge in [0, 0.05) is 27.6 Å². The number of thiazole rings is 1. The normalized spacial score (nSPS) is 10.8. The molecule has 3 aromatic heterocycles. The maximum Gasteiger partial charge on any atom is 0.275 e. The van der Waals surface area contributed by atoms with Crippen molar-refractivity contribution in [2.24, 2.45) is 0 Å². The number of carbonyl (C=O) groups is 1. The van der Waals surface area contributed by atoms with Gasteiger partial charge in [-0.2, -0.15) is 16.4 Å². The number of aromatic nitrogens is 4. The molecule has 0 fully saturated rings. The highest BCUT2D eigenvalue weighted by Gasteiger charge is 2.13. The zero-order valence-corrected chi connectivity index (χ0v) is 14.8. The number of benzene rings is 1. The van der Waals surface area contributed by atoms with Gasteiger partial charge >= 0.3 is 0 Å². The predicted octanol–water partition coefficient (Wildman–Crippen LogP) is 4.22. The Hall–Kier alpha value is -2.84. The van der Waals surface area contributed by atoms with Crippen LogP contribution in [0.3, 0.4) is 0 Å². The molecule has 0 radical (unpaired) electrons. The quantitative estimate of drug-likeness (QED) is 0.566. The molecule has 4 aromatic rings. The fraction of sp³-hybridized carbons (Fsp3) is 0.0588. The summed E-state index contributed by atoms with van der Waals surface area (Å²) in [5.41, 5.74) is 2.95. The van der Waals surface area contributed by atoms with Crippen LogP contribution in [0.15, 0.2) is 46.5 Å². The molecule has 0 saturated carbocycles. The van der Waals surface area contributed by atoms with Gasteiger partial charge in [0.05, 0.1) is 0 Å². The van der Waals surface area contributed by atoms with Gasteiger partial charge in [-0.15, -0.1) is 11.3 Å². The van der Waals surface area contributed by atoms with Crippen LogP contribution in [0.5, 0.6) is 0 Å². The second kappa shape index (κ2) is 6.58. The van der Waals surface area contributed by atoms with E-state index in [-0.39, 0.29) is 5.91 Å². The zero-order valence-electron chi connectivity index (χ0n) is 13.2. The maximum absolute atomic E-state index is 12.4. The van der Waals surface area contributed by atoms with Crippen molar-refractivity contribution >= 4 is 34.3 Å². The minimum absolute atomic E-state index is 0.235. The van der Waals surface area contributed by atoms with Gasteiger partial charge in [0.1, 0.15) is 16.5 Å². The van der Waals surface area contributed by atoms with Crippen LogP contribution >= 0.6 is 22.7 Å². The van der Waals surface area contributed by atoms with Gasteiger partial charge in [-0.1, -0.05) is 12.1 Å². The van der Waals surface area contributed by atoms with Gasteiger partial charge in [0.2, 0.25) is 0 Å². The number of hydrogen-bond acceptors (Lipinski definition) is 6. The summed E-state index contributed by atoms with van der Waals surface area (Å²) >= 11 is 3.07. The lowest BCUT2D eigenvalue weighted by molar-refractivity contribution is 0.102. The molecule has 1 amide bonds. The second-order valence-corrected chi connectivity index (χ2v) is 6.97. The first-order chi connectivity index (χ1) is 12.2. The van der Waals surface area contributed by atoms with E-state index < -0.39 is 0 Å². The van der Waals surface area contributed by atoms with Crippen molar-refractivity contribution in [2.45, 2.75) is 6.92 Å². The van der Waals surface area contributed by atoms with E-state index in [9.17, 15) is 4.79 Å². The van der Waals surface area contributed by atoms with Crippen LogP contribution in [0.1, 0.15) is 16.3 Å². The van der Waals surface area contributed by atoms with Crippen LogP contribution < -0.4 is 5.32 Å². The Morgan fingerprint density at radius 2 is 2.08 bits per heavy atom. The lowest BCUT2D eigenvalue weighted by atomic mass is 10.2. The van der Waals surface area contributed by atoms with Gasteiger partial charge in [-0.05, 0) is 30.5 Å². The molecule has 1 aromatic carbocycles. The molecule has 2 N–H and O–H groups in total. The molecule has 0 unspecified atom stereocenters. The number of aryl methyl sites for hydroxylation is 1. The fourth-order valence-corrected chi connectivity index (χ4v) is 3.81. The number of carbonyl (C=O) groups excluding carboxylic acids is 1. The van der Waals surface area contributed by atoms with Gasteiger partial charge in [0.25, 0.3) is 5.91 Å². The summed E-state index contributed by atoms with van der Waals surface area (Å²) in [5, 5.41) is 16.4. The van der Waals surface area contributed by atoms with E-state index in [0.29, 0.717) is 17.2 Å².